The summed E-state index contributed by atoms with van der Waals surface area (Å²) in [7, 11) is 0. The van der Waals surface area contributed by atoms with E-state index in [0.29, 0.717) is 28.7 Å². The second-order valence-corrected chi connectivity index (χ2v) is 7.20. The number of nitrogens with zero attached hydrogens (tertiary/aromatic N) is 4. The van der Waals surface area contributed by atoms with Crippen LogP contribution in [-0.4, -0.2) is 26.3 Å². The van der Waals surface area contributed by atoms with Crippen molar-refractivity contribution in [3.05, 3.63) is 85.2 Å². The minimum Gasteiger partial charge on any atom is -0.454 e. The smallest absolute Gasteiger partial charge is 0.231 e. The third-order valence-corrected chi connectivity index (χ3v) is 5.10. The van der Waals surface area contributed by atoms with Crippen molar-refractivity contribution in [2.75, 3.05) is 17.4 Å². The first-order valence-corrected chi connectivity index (χ1v) is 10.1. The molecule has 0 unspecified atom stereocenters. The van der Waals surface area contributed by atoms with Crippen LogP contribution in [0.15, 0.2) is 85.2 Å². The molecular formula is C24H18N6O2. The van der Waals surface area contributed by atoms with Crippen molar-refractivity contribution in [2.24, 2.45) is 0 Å². The molecule has 2 aromatic heterocycles. The lowest BCUT2D eigenvalue weighted by Crippen LogP contribution is -2.04. The van der Waals surface area contributed by atoms with E-state index in [1.54, 1.807) is 6.33 Å². The number of nitrogens with one attached hydrogen (secondary N) is 2. The molecule has 0 spiro atoms. The van der Waals surface area contributed by atoms with E-state index in [-0.39, 0.29) is 6.79 Å². The van der Waals surface area contributed by atoms with Crippen molar-refractivity contribution in [2.45, 2.75) is 0 Å². The second kappa shape index (κ2) is 7.59. The Morgan fingerprint density at radius 1 is 0.750 bits per heavy atom. The lowest BCUT2D eigenvalue weighted by atomic mass is 10.2. The highest BCUT2D eigenvalue weighted by atomic mass is 16.7. The first-order valence-electron chi connectivity index (χ1n) is 10.1. The number of imidazole rings is 1. The molecule has 0 aliphatic carbocycles. The van der Waals surface area contributed by atoms with Gasteiger partial charge in [-0.2, -0.15) is 9.97 Å². The molecule has 0 radical (unpaired) electrons. The summed E-state index contributed by atoms with van der Waals surface area (Å²) in [4.78, 5) is 14.1. The summed E-state index contributed by atoms with van der Waals surface area (Å²) < 4.78 is 12.9. The van der Waals surface area contributed by atoms with Crippen molar-refractivity contribution in [3.8, 4) is 17.2 Å². The summed E-state index contributed by atoms with van der Waals surface area (Å²) in [6.45, 7) is 0.225. The van der Waals surface area contributed by atoms with Gasteiger partial charge in [-0.1, -0.05) is 36.4 Å². The van der Waals surface area contributed by atoms with Crippen LogP contribution in [0.4, 0.5) is 23.1 Å². The van der Waals surface area contributed by atoms with E-state index >= 15 is 0 Å². The summed E-state index contributed by atoms with van der Waals surface area (Å²) in [5.74, 6) is 2.47. The highest BCUT2D eigenvalue weighted by molar-refractivity contribution is 5.88. The van der Waals surface area contributed by atoms with E-state index in [1.165, 1.54) is 0 Å². The van der Waals surface area contributed by atoms with Gasteiger partial charge in [0, 0.05) is 23.1 Å². The molecule has 1 aliphatic rings. The largest absolute Gasteiger partial charge is 0.454 e. The molecule has 0 saturated heterocycles. The first kappa shape index (κ1) is 18.2. The number of fused-ring (bicyclic) bond motifs is 2. The molecule has 0 amide bonds. The Bertz CT molecular complexity index is 1400. The molecule has 6 rings (SSSR count). The SMILES string of the molecule is c1ccc(Nc2nc(Nc3ccc4c(c3)OCO4)c3ncn(-c4ccccc4)c3n2)cc1. The van der Waals surface area contributed by atoms with Crippen molar-refractivity contribution in [1.29, 1.82) is 0 Å². The summed E-state index contributed by atoms with van der Waals surface area (Å²) in [6, 6.07) is 25.5. The van der Waals surface area contributed by atoms with Crippen LogP contribution >= 0.6 is 0 Å². The zero-order chi connectivity index (χ0) is 21.3. The van der Waals surface area contributed by atoms with Gasteiger partial charge < -0.3 is 20.1 Å². The van der Waals surface area contributed by atoms with Crippen LogP contribution in [0.2, 0.25) is 0 Å². The van der Waals surface area contributed by atoms with Gasteiger partial charge in [0.2, 0.25) is 12.7 Å². The van der Waals surface area contributed by atoms with Crippen molar-refractivity contribution in [3.63, 3.8) is 0 Å². The Labute approximate surface area is 183 Å². The van der Waals surface area contributed by atoms with Crippen LogP contribution < -0.4 is 20.1 Å². The molecule has 3 aromatic carbocycles. The van der Waals surface area contributed by atoms with E-state index in [9.17, 15) is 0 Å². The maximum atomic E-state index is 5.50. The number of hydrogen-bond acceptors (Lipinski definition) is 7. The van der Waals surface area contributed by atoms with Crippen molar-refractivity contribution >= 4 is 34.3 Å². The van der Waals surface area contributed by atoms with Gasteiger partial charge in [-0.3, -0.25) is 4.57 Å². The van der Waals surface area contributed by atoms with Crippen LogP contribution in [0, 0.1) is 0 Å². The van der Waals surface area contributed by atoms with Crippen LogP contribution in [-0.2, 0) is 0 Å². The van der Waals surface area contributed by atoms with Gasteiger partial charge in [0.1, 0.15) is 6.33 Å². The Morgan fingerprint density at radius 2 is 1.53 bits per heavy atom. The molecule has 1 aliphatic heterocycles. The third kappa shape index (κ3) is 3.33. The fourth-order valence-electron chi connectivity index (χ4n) is 3.58. The number of hydrogen-bond donors (Lipinski definition) is 2. The van der Waals surface area contributed by atoms with Gasteiger partial charge in [0.25, 0.3) is 0 Å². The fraction of sp³-hybridized carbons (Fsp3) is 0.0417. The van der Waals surface area contributed by atoms with E-state index < -0.39 is 0 Å². The monoisotopic (exact) mass is 422 g/mol. The van der Waals surface area contributed by atoms with Crippen LogP contribution in [0.25, 0.3) is 16.9 Å². The van der Waals surface area contributed by atoms with Crippen LogP contribution in [0.3, 0.4) is 0 Å². The number of anilines is 4. The molecule has 5 aromatic rings. The summed E-state index contributed by atoms with van der Waals surface area (Å²) in [5.41, 5.74) is 4.02. The zero-order valence-corrected chi connectivity index (χ0v) is 16.9. The number of benzene rings is 3. The molecule has 156 valence electrons. The number of aromatic nitrogens is 4. The van der Waals surface area contributed by atoms with E-state index in [1.807, 2.05) is 83.4 Å². The third-order valence-electron chi connectivity index (χ3n) is 5.10. The lowest BCUT2D eigenvalue weighted by molar-refractivity contribution is 0.174. The zero-order valence-electron chi connectivity index (χ0n) is 16.9. The highest BCUT2D eigenvalue weighted by Crippen LogP contribution is 2.36. The van der Waals surface area contributed by atoms with Crippen LogP contribution in [0.5, 0.6) is 11.5 Å². The molecule has 8 heteroatoms. The topological polar surface area (TPSA) is 86.1 Å². The summed E-state index contributed by atoms with van der Waals surface area (Å²) in [5, 5.41) is 6.65. The predicted octanol–water partition coefficient (Wildman–Crippen LogP) is 5.03. The van der Waals surface area contributed by atoms with Gasteiger partial charge in [-0.25, -0.2) is 4.98 Å². The maximum Gasteiger partial charge on any atom is 0.231 e. The molecular weight excluding hydrogens is 404 g/mol. The van der Waals surface area contributed by atoms with E-state index in [4.69, 9.17) is 19.4 Å². The fourth-order valence-corrected chi connectivity index (χ4v) is 3.58. The molecule has 3 heterocycles. The van der Waals surface area contributed by atoms with Crippen LogP contribution in [0.1, 0.15) is 0 Å². The molecule has 0 atom stereocenters. The van der Waals surface area contributed by atoms with Gasteiger partial charge in [0.15, 0.2) is 28.5 Å². The molecule has 8 nitrogen and oxygen atoms in total. The normalized spacial score (nSPS) is 12.1. The molecule has 0 fully saturated rings. The van der Waals surface area contributed by atoms with Gasteiger partial charge in [-0.05, 0) is 36.4 Å². The van der Waals surface area contributed by atoms with Gasteiger partial charge >= 0.3 is 0 Å². The van der Waals surface area contributed by atoms with Crippen molar-refractivity contribution in [1.82, 2.24) is 19.5 Å². The first-order chi connectivity index (χ1) is 15.8. The molecule has 0 saturated carbocycles. The summed E-state index contributed by atoms with van der Waals surface area (Å²) >= 11 is 0. The average Bonchev–Trinajstić information content (AvgIpc) is 3.47. The highest BCUT2D eigenvalue weighted by Gasteiger charge is 2.17. The molecule has 0 bridgehead atoms. The lowest BCUT2D eigenvalue weighted by Gasteiger charge is -2.11. The van der Waals surface area contributed by atoms with Gasteiger partial charge in [-0.15, -0.1) is 0 Å². The number of rotatable bonds is 5. The number of ether oxygens (including phenoxy) is 2. The Kier molecular flexibility index (Phi) is 4.31. The van der Waals surface area contributed by atoms with Crippen molar-refractivity contribution < 1.29 is 9.47 Å². The average molecular weight is 422 g/mol. The Balaban J connectivity index is 1.46. The summed E-state index contributed by atoms with van der Waals surface area (Å²) in [6.07, 6.45) is 1.76. The standard InChI is InChI=1S/C24H18N6O2/c1-3-7-16(8-4-1)27-24-28-22(26-17-11-12-19-20(13-17)32-15-31-19)21-23(29-24)30(14-25-21)18-9-5-2-6-10-18/h1-14H,15H2,(H2,26,27,28,29). The Morgan fingerprint density at radius 3 is 2.38 bits per heavy atom. The predicted molar refractivity (Wildman–Crippen MR) is 122 cm³/mol. The maximum absolute atomic E-state index is 5.50. The molecule has 2 N–H and O–H groups in total. The van der Waals surface area contributed by atoms with E-state index in [0.717, 1.165) is 22.8 Å². The van der Waals surface area contributed by atoms with Gasteiger partial charge in [0.05, 0.1) is 0 Å². The molecule has 32 heavy (non-hydrogen) atoms. The number of para-hydroxylation sites is 2. The quantitative estimate of drug-likeness (QED) is 0.411. The minimum absolute atomic E-state index is 0.225. The Hall–Kier alpha value is -4.59. The second-order valence-electron chi connectivity index (χ2n) is 7.20. The minimum atomic E-state index is 0.225. The van der Waals surface area contributed by atoms with E-state index in [2.05, 4.69) is 15.6 Å².